The first-order valence-electron chi connectivity index (χ1n) is 7.09. The first-order valence-corrected chi connectivity index (χ1v) is 8.57. The summed E-state index contributed by atoms with van der Waals surface area (Å²) >= 11 is 0. The van der Waals surface area contributed by atoms with E-state index in [9.17, 15) is 22.4 Å². The van der Waals surface area contributed by atoms with Crippen LogP contribution in [0.4, 0.5) is 4.39 Å². The van der Waals surface area contributed by atoms with E-state index < -0.39 is 33.8 Å². The Morgan fingerprint density at radius 3 is 2.57 bits per heavy atom. The molecular formula is C14H17FN2O5S. The number of likely N-dealkylation sites (tertiary alicyclic amines) is 1. The van der Waals surface area contributed by atoms with Crippen LogP contribution in [0.5, 0.6) is 0 Å². The zero-order chi connectivity index (χ0) is 17.0. The van der Waals surface area contributed by atoms with Crippen LogP contribution >= 0.6 is 0 Å². The van der Waals surface area contributed by atoms with Crippen LogP contribution in [0.3, 0.4) is 0 Å². The van der Waals surface area contributed by atoms with E-state index in [1.54, 1.807) is 0 Å². The number of halogens is 1. The molecule has 1 atom stereocenters. The molecule has 1 fully saturated rings. The van der Waals surface area contributed by atoms with Gasteiger partial charge in [-0.25, -0.2) is 22.3 Å². The smallest absolute Gasteiger partial charge is 0.326 e. The predicted octanol–water partition coefficient (Wildman–Crippen LogP) is 0.570. The van der Waals surface area contributed by atoms with Crippen molar-refractivity contribution in [3.8, 4) is 0 Å². The standard InChI is InChI=1S/C14H17FN2O5S/c15-10-3-5-11(6-4-10)23(21,22)16-8-7-13(18)17-9-1-2-12(17)14(19)20/h3-6,12,16H,1-2,7-9H2,(H,19,20)/t12-/m1/s1. The molecule has 7 nitrogen and oxygen atoms in total. The minimum atomic E-state index is -3.83. The Morgan fingerprint density at radius 1 is 1.30 bits per heavy atom. The molecule has 1 aliphatic rings. The quantitative estimate of drug-likeness (QED) is 0.785. The summed E-state index contributed by atoms with van der Waals surface area (Å²) in [7, 11) is -3.83. The van der Waals surface area contributed by atoms with Crippen LogP contribution in [0, 0.1) is 5.82 Å². The zero-order valence-electron chi connectivity index (χ0n) is 12.2. The van der Waals surface area contributed by atoms with Crippen molar-refractivity contribution in [2.24, 2.45) is 0 Å². The number of benzene rings is 1. The first kappa shape index (κ1) is 17.4. The largest absolute Gasteiger partial charge is 0.480 e. The fourth-order valence-electron chi connectivity index (χ4n) is 2.45. The lowest BCUT2D eigenvalue weighted by molar-refractivity contribution is -0.148. The zero-order valence-corrected chi connectivity index (χ0v) is 13.1. The number of aliphatic carboxylic acids is 1. The number of hydrogen-bond acceptors (Lipinski definition) is 4. The summed E-state index contributed by atoms with van der Waals surface area (Å²) in [6, 6.07) is 3.47. The second-order valence-electron chi connectivity index (χ2n) is 5.19. The van der Waals surface area contributed by atoms with Gasteiger partial charge in [-0.1, -0.05) is 0 Å². The number of hydrogen-bond donors (Lipinski definition) is 2. The minimum Gasteiger partial charge on any atom is -0.480 e. The van der Waals surface area contributed by atoms with Crippen LogP contribution in [-0.4, -0.2) is 49.4 Å². The summed E-state index contributed by atoms with van der Waals surface area (Å²) < 4.78 is 39.0. The van der Waals surface area contributed by atoms with Gasteiger partial charge in [-0.2, -0.15) is 0 Å². The van der Waals surface area contributed by atoms with Gasteiger partial charge in [0, 0.05) is 19.5 Å². The molecule has 9 heteroatoms. The van der Waals surface area contributed by atoms with Crippen molar-refractivity contribution in [2.45, 2.75) is 30.2 Å². The Labute approximate surface area is 133 Å². The van der Waals surface area contributed by atoms with Crippen molar-refractivity contribution < 1.29 is 27.5 Å². The highest BCUT2D eigenvalue weighted by Gasteiger charge is 2.33. The number of amides is 1. The van der Waals surface area contributed by atoms with Crippen molar-refractivity contribution >= 4 is 21.9 Å². The number of carboxylic acid groups (broad SMARTS) is 1. The molecule has 23 heavy (non-hydrogen) atoms. The molecule has 1 aromatic rings. The average molecular weight is 344 g/mol. The van der Waals surface area contributed by atoms with E-state index >= 15 is 0 Å². The van der Waals surface area contributed by atoms with Crippen LogP contribution in [0.15, 0.2) is 29.2 Å². The second-order valence-corrected chi connectivity index (χ2v) is 6.95. The van der Waals surface area contributed by atoms with E-state index in [0.717, 1.165) is 24.3 Å². The van der Waals surface area contributed by atoms with Crippen LogP contribution in [0.2, 0.25) is 0 Å². The summed E-state index contributed by atoms with van der Waals surface area (Å²) in [5, 5.41) is 9.02. The number of nitrogens with one attached hydrogen (secondary N) is 1. The Hall–Kier alpha value is -2.00. The molecule has 1 aliphatic heterocycles. The fourth-order valence-corrected chi connectivity index (χ4v) is 3.49. The second kappa shape index (κ2) is 7.05. The Morgan fingerprint density at radius 2 is 1.96 bits per heavy atom. The molecule has 2 N–H and O–H groups in total. The van der Waals surface area contributed by atoms with Gasteiger partial charge in [0.25, 0.3) is 0 Å². The van der Waals surface area contributed by atoms with Gasteiger partial charge in [-0.05, 0) is 37.1 Å². The number of carbonyl (C=O) groups excluding carboxylic acids is 1. The number of carbonyl (C=O) groups is 2. The number of sulfonamides is 1. The van der Waals surface area contributed by atoms with Crippen molar-refractivity contribution in [1.29, 1.82) is 0 Å². The molecule has 0 aromatic heterocycles. The van der Waals surface area contributed by atoms with Gasteiger partial charge < -0.3 is 10.0 Å². The third-order valence-electron chi connectivity index (χ3n) is 3.61. The van der Waals surface area contributed by atoms with Crippen LogP contribution in [0.1, 0.15) is 19.3 Å². The van der Waals surface area contributed by atoms with Gasteiger partial charge in [0.05, 0.1) is 4.90 Å². The lowest BCUT2D eigenvalue weighted by Crippen LogP contribution is -2.41. The molecular weight excluding hydrogens is 327 g/mol. The highest BCUT2D eigenvalue weighted by molar-refractivity contribution is 7.89. The Balaban J connectivity index is 1.90. The Bertz CT molecular complexity index is 690. The van der Waals surface area contributed by atoms with Gasteiger partial charge in [0.1, 0.15) is 11.9 Å². The molecule has 1 saturated heterocycles. The SMILES string of the molecule is O=C(O)[C@H]1CCCN1C(=O)CCNS(=O)(=O)c1ccc(F)cc1. The van der Waals surface area contributed by atoms with E-state index in [2.05, 4.69) is 4.72 Å². The maximum absolute atomic E-state index is 12.8. The van der Waals surface area contributed by atoms with E-state index in [1.165, 1.54) is 4.90 Å². The number of nitrogens with zero attached hydrogens (tertiary/aromatic N) is 1. The van der Waals surface area contributed by atoms with Gasteiger partial charge in [-0.3, -0.25) is 4.79 Å². The summed E-state index contributed by atoms with van der Waals surface area (Å²) in [5.41, 5.74) is 0. The predicted molar refractivity (Wildman–Crippen MR) is 78.6 cm³/mol. The van der Waals surface area contributed by atoms with Gasteiger partial charge >= 0.3 is 5.97 Å². The van der Waals surface area contributed by atoms with E-state index in [0.29, 0.717) is 19.4 Å². The summed E-state index contributed by atoms with van der Waals surface area (Å²) in [4.78, 5) is 24.2. The summed E-state index contributed by atoms with van der Waals surface area (Å²) in [6.07, 6.45) is 0.886. The average Bonchev–Trinajstić information content (AvgIpc) is 2.97. The molecule has 2 rings (SSSR count). The highest BCUT2D eigenvalue weighted by atomic mass is 32.2. The lowest BCUT2D eigenvalue weighted by Gasteiger charge is -2.21. The summed E-state index contributed by atoms with van der Waals surface area (Å²) in [5.74, 6) is -2.01. The van der Waals surface area contributed by atoms with Crippen LogP contribution in [-0.2, 0) is 19.6 Å². The van der Waals surface area contributed by atoms with Crippen LogP contribution < -0.4 is 4.72 Å². The van der Waals surface area contributed by atoms with Crippen molar-refractivity contribution in [3.63, 3.8) is 0 Å². The van der Waals surface area contributed by atoms with Gasteiger partial charge in [0.2, 0.25) is 15.9 Å². The highest BCUT2D eigenvalue weighted by Crippen LogP contribution is 2.18. The maximum Gasteiger partial charge on any atom is 0.326 e. The van der Waals surface area contributed by atoms with Crippen molar-refractivity contribution in [2.75, 3.05) is 13.1 Å². The van der Waals surface area contributed by atoms with E-state index in [-0.39, 0.29) is 17.9 Å². The molecule has 0 spiro atoms. The third kappa shape index (κ3) is 4.26. The molecule has 126 valence electrons. The molecule has 1 amide bonds. The molecule has 0 aliphatic carbocycles. The van der Waals surface area contributed by atoms with Crippen molar-refractivity contribution in [3.05, 3.63) is 30.1 Å². The molecule has 0 radical (unpaired) electrons. The van der Waals surface area contributed by atoms with E-state index in [1.807, 2.05) is 0 Å². The first-order chi connectivity index (χ1) is 10.8. The van der Waals surface area contributed by atoms with E-state index in [4.69, 9.17) is 5.11 Å². The normalized spacial score (nSPS) is 18.1. The minimum absolute atomic E-state index is 0.101. The number of rotatable bonds is 6. The Kier molecular flexibility index (Phi) is 5.32. The molecule has 0 saturated carbocycles. The monoisotopic (exact) mass is 344 g/mol. The van der Waals surface area contributed by atoms with Gasteiger partial charge in [0.15, 0.2) is 0 Å². The van der Waals surface area contributed by atoms with Crippen LogP contribution in [0.25, 0.3) is 0 Å². The molecule has 0 unspecified atom stereocenters. The lowest BCUT2D eigenvalue weighted by atomic mass is 10.2. The number of carboxylic acids is 1. The maximum atomic E-state index is 12.8. The molecule has 0 bridgehead atoms. The third-order valence-corrected chi connectivity index (χ3v) is 5.09. The fraction of sp³-hybridized carbons (Fsp3) is 0.429. The molecule has 1 aromatic carbocycles. The summed E-state index contributed by atoms with van der Waals surface area (Å²) in [6.45, 7) is 0.210. The topological polar surface area (TPSA) is 104 Å². The molecule has 1 heterocycles. The van der Waals surface area contributed by atoms with Gasteiger partial charge in [-0.15, -0.1) is 0 Å². The van der Waals surface area contributed by atoms with Crippen molar-refractivity contribution in [1.82, 2.24) is 9.62 Å².